The van der Waals surface area contributed by atoms with Crippen LogP contribution in [0.5, 0.6) is 0 Å². The second-order valence-electron chi connectivity index (χ2n) is 11.3. The summed E-state index contributed by atoms with van der Waals surface area (Å²) in [4.78, 5) is 11.1. The molecule has 0 amide bonds. The summed E-state index contributed by atoms with van der Waals surface area (Å²) in [5.74, 6) is 2.55. The largest absolute Gasteiger partial charge is 0.481 e. The molecule has 6 unspecified atom stereocenters. The summed E-state index contributed by atoms with van der Waals surface area (Å²) in [6.07, 6.45) is 9.26. The fourth-order valence-electron chi connectivity index (χ4n) is 8.71. The van der Waals surface area contributed by atoms with Crippen LogP contribution >= 0.6 is 0 Å². The standard InChI is InChI=1S/C24H40O4/c1-14(4-9-22(27)28)18-7-8-19-17-6-5-15-12-16(25)10-11-23(15,2)20(17)13-21(26)24(18,19)3/h14-21,25-26H,4-13H2,1-3H3,(H,27,28)/t14-,15?,16-,17?,18?,19+,20?,21+,23?,24?/m1/s1. The van der Waals surface area contributed by atoms with Crippen molar-refractivity contribution in [3.8, 4) is 0 Å². The number of rotatable bonds is 4. The van der Waals surface area contributed by atoms with Crippen LogP contribution in [0.3, 0.4) is 0 Å². The minimum absolute atomic E-state index is 0.0591. The van der Waals surface area contributed by atoms with Crippen LogP contribution in [-0.2, 0) is 4.79 Å². The maximum absolute atomic E-state index is 11.5. The fourth-order valence-corrected chi connectivity index (χ4v) is 8.71. The van der Waals surface area contributed by atoms with Crippen molar-refractivity contribution in [1.29, 1.82) is 0 Å². The zero-order valence-electron chi connectivity index (χ0n) is 17.9. The molecule has 0 heterocycles. The number of carbonyl (C=O) groups is 1. The lowest BCUT2D eigenvalue weighted by atomic mass is 9.43. The Bertz CT molecular complexity index is 605. The summed E-state index contributed by atoms with van der Waals surface area (Å²) in [5.41, 5.74) is 0.216. The third-order valence-electron chi connectivity index (χ3n) is 10.3. The fraction of sp³-hybridized carbons (Fsp3) is 0.958. The highest BCUT2D eigenvalue weighted by Crippen LogP contribution is 2.68. The molecule has 4 aliphatic rings. The van der Waals surface area contributed by atoms with E-state index in [-0.39, 0.29) is 29.5 Å². The molecule has 4 aliphatic carbocycles. The van der Waals surface area contributed by atoms with Gasteiger partial charge in [0, 0.05) is 6.42 Å². The predicted octanol–water partition coefficient (Wildman–Crippen LogP) is 4.48. The van der Waals surface area contributed by atoms with E-state index in [4.69, 9.17) is 5.11 Å². The van der Waals surface area contributed by atoms with E-state index in [2.05, 4.69) is 20.8 Å². The van der Waals surface area contributed by atoms with Crippen LogP contribution < -0.4 is 0 Å². The third-order valence-corrected chi connectivity index (χ3v) is 10.3. The van der Waals surface area contributed by atoms with Crippen molar-refractivity contribution in [3.63, 3.8) is 0 Å². The molecule has 4 nitrogen and oxygen atoms in total. The summed E-state index contributed by atoms with van der Waals surface area (Å²) in [7, 11) is 0. The molecule has 4 heteroatoms. The molecule has 0 bridgehead atoms. The van der Waals surface area contributed by atoms with Crippen molar-refractivity contribution in [2.24, 2.45) is 46.3 Å². The van der Waals surface area contributed by atoms with Gasteiger partial charge in [-0.2, -0.15) is 0 Å². The molecule has 160 valence electrons. The Labute approximate surface area is 170 Å². The van der Waals surface area contributed by atoms with Gasteiger partial charge < -0.3 is 15.3 Å². The SMILES string of the molecule is C[C@H](CCC(=O)O)C1CC[C@H]2C3CCC4C[C@H](O)CCC4(C)C3C[C@H](O)C12C. The monoisotopic (exact) mass is 392 g/mol. The van der Waals surface area contributed by atoms with Gasteiger partial charge in [-0.1, -0.05) is 20.8 Å². The van der Waals surface area contributed by atoms with Crippen LogP contribution in [0.25, 0.3) is 0 Å². The van der Waals surface area contributed by atoms with Gasteiger partial charge in [0.05, 0.1) is 12.2 Å². The topological polar surface area (TPSA) is 77.8 Å². The Morgan fingerprint density at radius 3 is 2.50 bits per heavy atom. The first kappa shape index (κ1) is 20.7. The number of hydrogen-bond acceptors (Lipinski definition) is 3. The van der Waals surface area contributed by atoms with Crippen LogP contribution in [0.4, 0.5) is 0 Å². The summed E-state index contributed by atoms with van der Waals surface area (Å²) < 4.78 is 0. The molecule has 4 fully saturated rings. The Hall–Kier alpha value is -0.610. The van der Waals surface area contributed by atoms with Crippen LogP contribution in [0.15, 0.2) is 0 Å². The zero-order chi connectivity index (χ0) is 20.3. The number of hydrogen-bond donors (Lipinski definition) is 3. The Morgan fingerprint density at radius 1 is 1.04 bits per heavy atom. The lowest BCUT2D eigenvalue weighted by Gasteiger charge is -2.62. The number of aliphatic hydroxyl groups excluding tert-OH is 2. The first-order valence-electron chi connectivity index (χ1n) is 11.8. The molecule has 0 spiro atoms. The van der Waals surface area contributed by atoms with Crippen molar-refractivity contribution in [2.45, 2.75) is 97.2 Å². The van der Waals surface area contributed by atoms with E-state index < -0.39 is 5.97 Å². The van der Waals surface area contributed by atoms with Gasteiger partial charge in [0.15, 0.2) is 0 Å². The van der Waals surface area contributed by atoms with E-state index in [1.165, 1.54) is 19.3 Å². The smallest absolute Gasteiger partial charge is 0.303 e. The Kier molecular flexibility index (Phi) is 5.36. The van der Waals surface area contributed by atoms with E-state index in [1.807, 2.05) is 0 Å². The third kappa shape index (κ3) is 3.05. The Morgan fingerprint density at radius 2 is 1.79 bits per heavy atom. The lowest BCUT2D eigenvalue weighted by Crippen LogP contribution is -2.58. The van der Waals surface area contributed by atoms with E-state index in [0.717, 1.165) is 38.5 Å². The van der Waals surface area contributed by atoms with E-state index >= 15 is 0 Å². The van der Waals surface area contributed by atoms with Crippen LogP contribution in [0.1, 0.15) is 85.0 Å². The van der Waals surface area contributed by atoms with Gasteiger partial charge in [-0.25, -0.2) is 0 Å². The van der Waals surface area contributed by atoms with Gasteiger partial charge in [-0.15, -0.1) is 0 Å². The number of fused-ring (bicyclic) bond motifs is 5. The second-order valence-corrected chi connectivity index (χ2v) is 11.3. The molecule has 4 saturated carbocycles. The van der Waals surface area contributed by atoms with Gasteiger partial charge in [0.25, 0.3) is 0 Å². The van der Waals surface area contributed by atoms with Gasteiger partial charge in [0.2, 0.25) is 0 Å². The molecule has 3 N–H and O–H groups in total. The van der Waals surface area contributed by atoms with Crippen molar-refractivity contribution in [3.05, 3.63) is 0 Å². The highest BCUT2D eigenvalue weighted by molar-refractivity contribution is 5.66. The molecular weight excluding hydrogens is 352 g/mol. The Balaban J connectivity index is 1.56. The zero-order valence-corrected chi connectivity index (χ0v) is 17.9. The molecule has 10 atom stereocenters. The molecular formula is C24H40O4. The van der Waals surface area contributed by atoms with Crippen LogP contribution in [-0.4, -0.2) is 33.5 Å². The van der Waals surface area contributed by atoms with Gasteiger partial charge in [-0.3, -0.25) is 4.79 Å². The average molecular weight is 393 g/mol. The molecule has 0 radical (unpaired) electrons. The molecule has 0 aromatic heterocycles. The predicted molar refractivity (Wildman–Crippen MR) is 109 cm³/mol. The average Bonchev–Trinajstić information content (AvgIpc) is 3.00. The van der Waals surface area contributed by atoms with Crippen molar-refractivity contribution >= 4 is 5.97 Å². The van der Waals surface area contributed by atoms with Crippen molar-refractivity contribution in [1.82, 2.24) is 0 Å². The lowest BCUT2D eigenvalue weighted by molar-refractivity contribution is -0.175. The van der Waals surface area contributed by atoms with E-state index in [9.17, 15) is 15.0 Å². The summed E-state index contributed by atoms with van der Waals surface area (Å²) in [6, 6.07) is 0. The second kappa shape index (κ2) is 7.27. The normalized spacial score (nSPS) is 51.7. The van der Waals surface area contributed by atoms with Crippen LogP contribution in [0.2, 0.25) is 0 Å². The molecule has 4 rings (SSSR count). The van der Waals surface area contributed by atoms with E-state index in [1.54, 1.807) is 0 Å². The number of carboxylic acid groups (broad SMARTS) is 1. The highest BCUT2D eigenvalue weighted by atomic mass is 16.4. The summed E-state index contributed by atoms with van der Waals surface area (Å²) >= 11 is 0. The first-order valence-corrected chi connectivity index (χ1v) is 11.8. The highest BCUT2D eigenvalue weighted by Gasteiger charge is 2.63. The number of carboxylic acids is 1. The molecule has 0 aromatic rings. The van der Waals surface area contributed by atoms with Crippen molar-refractivity contribution < 1.29 is 20.1 Å². The summed E-state index contributed by atoms with van der Waals surface area (Å²) in [6.45, 7) is 6.99. The maximum atomic E-state index is 11.5. The number of aliphatic hydroxyl groups is 2. The first-order chi connectivity index (χ1) is 13.2. The number of aliphatic carboxylic acids is 1. The molecule has 0 aromatic carbocycles. The van der Waals surface area contributed by atoms with E-state index in [0.29, 0.717) is 35.5 Å². The quantitative estimate of drug-likeness (QED) is 0.659. The van der Waals surface area contributed by atoms with Gasteiger partial charge in [0.1, 0.15) is 0 Å². The maximum Gasteiger partial charge on any atom is 0.303 e. The van der Waals surface area contributed by atoms with Crippen molar-refractivity contribution in [2.75, 3.05) is 0 Å². The van der Waals surface area contributed by atoms with Gasteiger partial charge >= 0.3 is 5.97 Å². The summed E-state index contributed by atoms with van der Waals surface area (Å²) in [5, 5.41) is 30.8. The van der Waals surface area contributed by atoms with Crippen LogP contribution in [0, 0.1) is 46.3 Å². The van der Waals surface area contributed by atoms with Gasteiger partial charge in [-0.05, 0) is 104 Å². The molecule has 0 saturated heterocycles. The molecule has 0 aliphatic heterocycles. The molecule has 28 heavy (non-hydrogen) atoms. The minimum Gasteiger partial charge on any atom is -0.481 e. The minimum atomic E-state index is -0.707.